The summed E-state index contributed by atoms with van der Waals surface area (Å²) in [4.78, 5) is 0. The molecule has 1 fully saturated rings. The Balaban J connectivity index is 2.08. The van der Waals surface area contributed by atoms with Crippen molar-refractivity contribution in [2.75, 3.05) is 6.54 Å². The molecule has 19 heavy (non-hydrogen) atoms. The number of nitrogens with one attached hydrogen (secondary N) is 3. The predicted octanol–water partition coefficient (Wildman–Crippen LogP) is 1.05. The number of aryl methyl sites for hydroxylation is 1. The van der Waals surface area contributed by atoms with Crippen LogP contribution in [0.5, 0.6) is 0 Å². The summed E-state index contributed by atoms with van der Waals surface area (Å²) in [5.74, 6) is 0. The van der Waals surface area contributed by atoms with Crippen LogP contribution in [0.25, 0.3) is 0 Å². The standard InChI is InChI=1S/C12H22N4O2S/c1-3-4-7-14-19(17,18)12-11(9(2)15-16-12)8-13-10-5-6-10/h10,13-14H,3-8H2,1-2H3,(H,15,16). The molecule has 0 atom stereocenters. The lowest BCUT2D eigenvalue weighted by Crippen LogP contribution is -2.27. The van der Waals surface area contributed by atoms with E-state index in [1.807, 2.05) is 13.8 Å². The molecule has 1 aliphatic rings. The van der Waals surface area contributed by atoms with Gasteiger partial charge in [0, 0.05) is 30.4 Å². The van der Waals surface area contributed by atoms with E-state index < -0.39 is 10.0 Å². The smallest absolute Gasteiger partial charge is 0.260 e. The number of sulfonamides is 1. The minimum absolute atomic E-state index is 0.134. The molecule has 1 heterocycles. The number of rotatable bonds is 8. The first-order valence-corrected chi connectivity index (χ1v) is 8.29. The highest BCUT2D eigenvalue weighted by Gasteiger charge is 2.26. The SMILES string of the molecule is CCCCNS(=O)(=O)c1n[nH]c(C)c1CNC1CC1. The molecule has 0 bridgehead atoms. The lowest BCUT2D eigenvalue weighted by molar-refractivity contribution is 0.570. The van der Waals surface area contributed by atoms with Gasteiger partial charge in [-0.3, -0.25) is 5.10 Å². The van der Waals surface area contributed by atoms with Gasteiger partial charge in [-0.25, -0.2) is 13.1 Å². The minimum Gasteiger partial charge on any atom is -0.310 e. The van der Waals surface area contributed by atoms with Gasteiger partial charge in [0.2, 0.25) is 0 Å². The van der Waals surface area contributed by atoms with Crippen LogP contribution in [-0.2, 0) is 16.6 Å². The number of aromatic nitrogens is 2. The monoisotopic (exact) mass is 286 g/mol. The second-order valence-electron chi connectivity index (χ2n) is 5.04. The highest BCUT2D eigenvalue weighted by molar-refractivity contribution is 7.89. The molecule has 108 valence electrons. The Hall–Kier alpha value is -0.920. The molecule has 0 unspecified atom stereocenters. The average Bonchev–Trinajstić information content (AvgIpc) is 3.10. The Morgan fingerprint density at radius 3 is 2.79 bits per heavy atom. The van der Waals surface area contributed by atoms with E-state index in [4.69, 9.17) is 0 Å². The zero-order valence-corrected chi connectivity index (χ0v) is 12.3. The maximum Gasteiger partial charge on any atom is 0.260 e. The van der Waals surface area contributed by atoms with E-state index in [-0.39, 0.29) is 5.03 Å². The number of nitrogens with zero attached hydrogens (tertiary/aromatic N) is 1. The fourth-order valence-corrected chi connectivity index (χ4v) is 3.11. The van der Waals surface area contributed by atoms with Crippen molar-refractivity contribution >= 4 is 10.0 Å². The second kappa shape index (κ2) is 6.02. The predicted molar refractivity (Wildman–Crippen MR) is 73.3 cm³/mol. The molecule has 0 aliphatic heterocycles. The van der Waals surface area contributed by atoms with Gasteiger partial charge in [0.05, 0.1) is 0 Å². The highest BCUT2D eigenvalue weighted by Crippen LogP contribution is 2.21. The maximum absolute atomic E-state index is 12.2. The van der Waals surface area contributed by atoms with Crippen LogP contribution < -0.4 is 10.0 Å². The molecule has 3 N–H and O–H groups in total. The summed E-state index contributed by atoms with van der Waals surface area (Å²) >= 11 is 0. The van der Waals surface area contributed by atoms with Gasteiger partial charge in [0.25, 0.3) is 10.0 Å². The summed E-state index contributed by atoms with van der Waals surface area (Å²) in [5, 5.41) is 10.2. The van der Waals surface area contributed by atoms with Crippen molar-refractivity contribution in [3.63, 3.8) is 0 Å². The average molecular weight is 286 g/mol. The normalized spacial score (nSPS) is 15.9. The number of aromatic amines is 1. The molecule has 0 amide bonds. The van der Waals surface area contributed by atoms with Crippen LogP contribution in [0, 0.1) is 6.92 Å². The van der Waals surface area contributed by atoms with Gasteiger partial charge in [-0.1, -0.05) is 13.3 Å². The van der Waals surface area contributed by atoms with Crippen LogP contribution in [0.15, 0.2) is 5.03 Å². The molecule has 0 radical (unpaired) electrons. The van der Waals surface area contributed by atoms with Crippen LogP contribution in [0.4, 0.5) is 0 Å². The molecular formula is C12H22N4O2S. The van der Waals surface area contributed by atoms with Gasteiger partial charge >= 0.3 is 0 Å². The summed E-state index contributed by atoms with van der Waals surface area (Å²) in [7, 11) is -3.50. The van der Waals surface area contributed by atoms with E-state index >= 15 is 0 Å². The quantitative estimate of drug-likeness (QED) is 0.623. The molecule has 0 saturated heterocycles. The number of hydrogen-bond donors (Lipinski definition) is 3. The number of hydrogen-bond acceptors (Lipinski definition) is 4. The van der Waals surface area contributed by atoms with Crippen LogP contribution >= 0.6 is 0 Å². The Morgan fingerprint density at radius 1 is 1.42 bits per heavy atom. The van der Waals surface area contributed by atoms with E-state index in [1.54, 1.807) is 0 Å². The number of unbranched alkanes of at least 4 members (excludes halogenated alkanes) is 1. The zero-order valence-electron chi connectivity index (χ0n) is 11.5. The van der Waals surface area contributed by atoms with E-state index in [2.05, 4.69) is 20.2 Å². The van der Waals surface area contributed by atoms with Gasteiger partial charge < -0.3 is 5.32 Å². The minimum atomic E-state index is -3.50. The molecule has 2 rings (SSSR count). The van der Waals surface area contributed by atoms with Crippen LogP contribution in [-0.4, -0.2) is 31.2 Å². The Labute approximate surface area is 114 Å². The summed E-state index contributed by atoms with van der Waals surface area (Å²) in [5.41, 5.74) is 1.56. The van der Waals surface area contributed by atoms with Gasteiger partial charge in [-0.2, -0.15) is 5.10 Å². The van der Waals surface area contributed by atoms with Crippen molar-refractivity contribution < 1.29 is 8.42 Å². The molecule has 1 aliphatic carbocycles. The third-order valence-corrected chi connectivity index (χ3v) is 4.69. The van der Waals surface area contributed by atoms with E-state index in [0.29, 0.717) is 19.1 Å². The first-order valence-electron chi connectivity index (χ1n) is 6.81. The van der Waals surface area contributed by atoms with Crippen LogP contribution in [0.1, 0.15) is 43.9 Å². The topological polar surface area (TPSA) is 86.9 Å². The molecule has 6 nitrogen and oxygen atoms in total. The maximum atomic E-state index is 12.2. The van der Waals surface area contributed by atoms with Crippen LogP contribution in [0.2, 0.25) is 0 Å². The molecular weight excluding hydrogens is 264 g/mol. The van der Waals surface area contributed by atoms with Crippen molar-refractivity contribution in [2.45, 2.75) is 57.1 Å². The van der Waals surface area contributed by atoms with E-state index in [1.165, 1.54) is 12.8 Å². The van der Waals surface area contributed by atoms with Crippen molar-refractivity contribution in [3.05, 3.63) is 11.3 Å². The van der Waals surface area contributed by atoms with E-state index in [0.717, 1.165) is 24.1 Å². The van der Waals surface area contributed by atoms with Crippen molar-refractivity contribution in [1.29, 1.82) is 0 Å². The van der Waals surface area contributed by atoms with Gasteiger partial charge in [0.15, 0.2) is 5.03 Å². The molecule has 0 aromatic carbocycles. The third kappa shape index (κ3) is 3.77. The van der Waals surface area contributed by atoms with Gasteiger partial charge in [-0.05, 0) is 26.2 Å². The zero-order chi connectivity index (χ0) is 13.9. The summed E-state index contributed by atoms with van der Waals surface area (Å²) in [6.45, 7) is 4.89. The number of H-pyrrole nitrogens is 1. The van der Waals surface area contributed by atoms with Crippen molar-refractivity contribution in [2.24, 2.45) is 0 Å². The molecule has 1 saturated carbocycles. The van der Waals surface area contributed by atoms with Crippen LogP contribution in [0.3, 0.4) is 0 Å². The van der Waals surface area contributed by atoms with E-state index in [9.17, 15) is 8.42 Å². The summed E-state index contributed by atoms with van der Waals surface area (Å²) < 4.78 is 27.0. The first kappa shape index (κ1) is 14.5. The Kier molecular flexibility index (Phi) is 4.59. The van der Waals surface area contributed by atoms with Crippen molar-refractivity contribution in [3.8, 4) is 0 Å². The summed E-state index contributed by atoms with van der Waals surface area (Å²) in [6, 6.07) is 0.540. The van der Waals surface area contributed by atoms with Gasteiger partial charge in [0.1, 0.15) is 0 Å². The lowest BCUT2D eigenvalue weighted by Gasteiger charge is -2.07. The highest BCUT2D eigenvalue weighted by atomic mass is 32.2. The third-order valence-electron chi connectivity index (χ3n) is 3.26. The molecule has 1 aromatic heterocycles. The largest absolute Gasteiger partial charge is 0.310 e. The lowest BCUT2D eigenvalue weighted by atomic mass is 10.2. The Morgan fingerprint density at radius 2 is 2.16 bits per heavy atom. The fraction of sp³-hybridized carbons (Fsp3) is 0.750. The van der Waals surface area contributed by atoms with Crippen molar-refractivity contribution in [1.82, 2.24) is 20.2 Å². The molecule has 1 aromatic rings. The molecule has 7 heteroatoms. The second-order valence-corrected chi connectivity index (χ2v) is 6.72. The summed E-state index contributed by atoms with van der Waals surface area (Å²) in [6.07, 6.45) is 4.14. The molecule has 0 spiro atoms. The Bertz CT molecular complexity index is 520. The first-order chi connectivity index (χ1) is 9.04. The fourth-order valence-electron chi connectivity index (χ4n) is 1.85. The van der Waals surface area contributed by atoms with Gasteiger partial charge in [-0.15, -0.1) is 0 Å².